The van der Waals surface area contributed by atoms with E-state index in [1.807, 2.05) is 133 Å². The van der Waals surface area contributed by atoms with Crippen LogP contribution in [0.2, 0.25) is 0 Å². The lowest BCUT2D eigenvalue weighted by atomic mass is 9.80. The zero-order valence-electron chi connectivity index (χ0n) is 66.3. The van der Waals surface area contributed by atoms with Crippen LogP contribution in [0.5, 0.6) is 69.0 Å². The number of hydrogen-bond acceptors (Lipinski definition) is 12. The van der Waals surface area contributed by atoms with E-state index in [-0.39, 0.29) is 68.9 Å². The van der Waals surface area contributed by atoms with Gasteiger partial charge in [-0.1, -0.05) is 245 Å². The van der Waals surface area contributed by atoms with Crippen molar-refractivity contribution < 1.29 is 57.1 Å². The van der Waals surface area contributed by atoms with Crippen molar-refractivity contribution in [1.29, 1.82) is 0 Å². The Kier molecular flexibility index (Phi) is 24.7. The van der Waals surface area contributed by atoms with Crippen LogP contribution in [0.3, 0.4) is 0 Å². The van der Waals surface area contributed by atoms with Crippen LogP contribution in [0.15, 0.2) is 158 Å². The molecule has 11 aromatic rings. The van der Waals surface area contributed by atoms with Gasteiger partial charge in [0, 0.05) is 43.1 Å². The van der Waals surface area contributed by atoms with Crippen LogP contribution >= 0.6 is 0 Å². The summed E-state index contributed by atoms with van der Waals surface area (Å²) >= 11 is 0. The number of hydrogen-bond donors (Lipinski definition) is 0. The van der Waals surface area contributed by atoms with Crippen LogP contribution in [-0.2, 0) is 0 Å². The molecule has 14 heteroatoms. The molecule has 0 saturated heterocycles. The minimum atomic E-state index is -0.575. The minimum Gasteiger partial charge on any atom is -0.490 e. The van der Waals surface area contributed by atoms with Crippen molar-refractivity contribution in [3.05, 3.63) is 202 Å². The lowest BCUT2D eigenvalue weighted by molar-refractivity contribution is 0.0877. The third-order valence-corrected chi connectivity index (χ3v) is 21.3. The second-order valence-electron chi connectivity index (χ2n) is 30.6. The number of carbonyl (C=O) groups is 4. The van der Waals surface area contributed by atoms with Gasteiger partial charge in [-0.05, 0) is 144 Å². The summed E-state index contributed by atoms with van der Waals surface area (Å²) in [6.07, 6.45) is 15.5. The largest absolute Gasteiger partial charge is 0.490 e. The zero-order valence-corrected chi connectivity index (χ0v) is 66.3. The second kappa shape index (κ2) is 35.0. The Labute approximate surface area is 648 Å². The molecule has 14 nitrogen and oxygen atoms in total. The van der Waals surface area contributed by atoms with Crippen molar-refractivity contribution in [3.63, 3.8) is 0 Å². The maximum Gasteiger partial charge on any atom is 0.266 e. The number of ether oxygens (including phenoxy) is 8. The van der Waals surface area contributed by atoms with Crippen LogP contribution in [0.25, 0.3) is 43.1 Å². The first-order valence-electron chi connectivity index (χ1n) is 40.5. The van der Waals surface area contributed by atoms with Gasteiger partial charge in [0.25, 0.3) is 23.6 Å². The fourth-order valence-corrected chi connectivity index (χ4v) is 15.7. The number of imide groups is 2. The molecule has 0 spiro atoms. The van der Waals surface area contributed by atoms with Crippen LogP contribution in [0, 0.1) is 0 Å². The number of unbranched alkanes of at least 4 members (excludes halogenated alkanes) is 12. The van der Waals surface area contributed by atoms with E-state index in [1.54, 1.807) is 24.3 Å². The summed E-state index contributed by atoms with van der Waals surface area (Å²) < 4.78 is 57.5. The van der Waals surface area contributed by atoms with Gasteiger partial charge in [-0.25, -0.2) is 9.80 Å². The van der Waals surface area contributed by atoms with E-state index in [2.05, 4.69) is 83.1 Å². The molecular weight excluding hydrogens is 1370 g/mol. The second-order valence-corrected chi connectivity index (χ2v) is 30.6. The van der Waals surface area contributed by atoms with Crippen molar-refractivity contribution in [2.75, 3.05) is 36.2 Å². The molecule has 0 saturated carbocycles. The number of anilines is 2. The predicted molar refractivity (Wildman–Crippen MR) is 444 cm³/mol. The molecule has 2 heterocycles. The molecular formula is C96H106N2O12. The third-order valence-electron chi connectivity index (χ3n) is 21.3. The minimum absolute atomic E-state index is 0.118. The van der Waals surface area contributed by atoms with Crippen LogP contribution in [0.1, 0.15) is 273 Å². The van der Waals surface area contributed by atoms with E-state index in [4.69, 9.17) is 37.9 Å². The van der Waals surface area contributed by atoms with Crippen molar-refractivity contribution in [1.82, 2.24) is 0 Å². The van der Waals surface area contributed by atoms with Crippen LogP contribution < -0.4 is 47.7 Å². The number of benzene rings is 11. The molecule has 0 aliphatic carbocycles. The molecule has 4 amide bonds. The zero-order chi connectivity index (χ0) is 77.3. The molecule has 0 bridgehead atoms. The van der Waals surface area contributed by atoms with Gasteiger partial charge in [0.15, 0.2) is 46.0 Å². The number of carbonyl (C=O) groups excluding carboxylic acids is 4. The molecule has 2 aliphatic heterocycles. The van der Waals surface area contributed by atoms with Crippen LogP contribution in [0.4, 0.5) is 11.4 Å². The number of fused-ring (bicyclic) bond motifs is 2. The number of para-hydroxylation sites is 10. The van der Waals surface area contributed by atoms with E-state index < -0.39 is 23.6 Å². The molecule has 13 rings (SSSR count). The Bertz CT molecular complexity index is 4560. The quantitative estimate of drug-likeness (QED) is 0.0157. The smallest absolute Gasteiger partial charge is 0.266 e. The molecule has 0 fully saturated rings. The molecule has 0 aromatic heterocycles. The molecule has 572 valence electrons. The maximum atomic E-state index is 16.9. The van der Waals surface area contributed by atoms with Gasteiger partial charge in [0.1, 0.15) is 23.0 Å². The summed E-state index contributed by atoms with van der Waals surface area (Å²) in [6, 6.07) is 49.0. The molecule has 0 N–H and O–H groups in total. The highest BCUT2D eigenvalue weighted by molar-refractivity contribution is 6.48. The highest BCUT2D eigenvalue weighted by Crippen LogP contribution is 2.60. The van der Waals surface area contributed by atoms with Gasteiger partial charge in [0.05, 0.1) is 60.1 Å². The highest BCUT2D eigenvalue weighted by atomic mass is 16.5. The summed E-state index contributed by atoms with van der Waals surface area (Å²) in [5, 5.41) is 2.82. The summed E-state index contributed by atoms with van der Waals surface area (Å²) in [7, 11) is 0. The van der Waals surface area contributed by atoms with E-state index in [1.165, 1.54) is 9.80 Å². The topological polar surface area (TPSA) is 149 Å². The van der Waals surface area contributed by atoms with E-state index >= 15 is 19.2 Å². The Morgan fingerprint density at radius 2 is 0.464 bits per heavy atom. The molecule has 0 radical (unpaired) electrons. The molecule has 11 aromatic carbocycles. The van der Waals surface area contributed by atoms with Crippen molar-refractivity contribution in [2.45, 2.75) is 209 Å². The monoisotopic (exact) mass is 1480 g/mol. The SMILES string of the molecule is CCCCCCOc1ccccc1Oc1cc2c3c(cc(Oc4ccccc4OCCCCCC)c4c5c(Oc6ccccc6OCCCCCC)cc6c7c(cc(Oc8ccccc8OCCCCCC)c(c1c34)c75)C(=O)N(c1c(C(C)C)cccc1C(C)C)C6=O)C(=O)N(c1c(C(C)C)cccc1C(C)C)C2=O. The number of rotatable bonds is 38. The lowest BCUT2D eigenvalue weighted by Crippen LogP contribution is -2.42. The predicted octanol–water partition coefficient (Wildman–Crippen LogP) is 26.8. The molecule has 0 unspecified atom stereocenters. The Morgan fingerprint density at radius 3 is 0.673 bits per heavy atom. The summed E-state index contributed by atoms with van der Waals surface area (Å²) in [5.74, 6) is 1.10. The molecule has 110 heavy (non-hydrogen) atoms. The normalized spacial score (nSPS) is 12.9. The molecule has 2 aliphatic rings. The van der Waals surface area contributed by atoms with E-state index in [0.717, 1.165) is 125 Å². The van der Waals surface area contributed by atoms with E-state index in [0.29, 0.717) is 127 Å². The van der Waals surface area contributed by atoms with Crippen molar-refractivity contribution >= 4 is 78.1 Å². The average Bonchev–Trinajstić information content (AvgIpc) is 0.669. The Balaban J connectivity index is 1.24. The van der Waals surface area contributed by atoms with Gasteiger partial charge < -0.3 is 37.9 Å². The number of amides is 4. The van der Waals surface area contributed by atoms with Gasteiger partial charge in [-0.2, -0.15) is 0 Å². The Morgan fingerprint density at radius 1 is 0.245 bits per heavy atom. The Hall–Kier alpha value is -10.6. The fourth-order valence-electron chi connectivity index (χ4n) is 15.7. The third kappa shape index (κ3) is 15.5. The van der Waals surface area contributed by atoms with Gasteiger partial charge in [-0.15, -0.1) is 0 Å². The highest BCUT2D eigenvalue weighted by Gasteiger charge is 2.45. The first kappa shape index (κ1) is 77.6. The number of nitrogens with zero attached hydrogens (tertiary/aromatic N) is 2. The standard InChI is InChI=1S/C96H106N2O12/c1-13-17-21-33-51-103-71-43-25-29-47-75(71)107-79-55-67-83-68(94(100)97(93(67)99)91-63(59(5)6)39-37-40-64(91)60(7)8)57-81(109-77-49-31-27-45-73(77)105-53-35-23-19-15-3)87-88-82(110-78-50-32-28-46-74(78)106-54-36-24-20-16-4)58-70-84-69(95(101)98(96(70)102)92-65(61(9)10)41-38-42-66(92)62(11)12)56-80(86(90(84)88)85(79)89(83)87)108-76-48-30-26-44-72(76)104-52-34-22-18-14-2/h25-32,37-50,55-62H,13-24,33-36,51-54H2,1-12H3. The average molecular weight is 1480 g/mol. The summed E-state index contributed by atoms with van der Waals surface area (Å²) in [6.45, 7) is 26.9. The summed E-state index contributed by atoms with van der Waals surface area (Å²) in [5.41, 5.74) is 4.94. The van der Waals surface area contributed by atoms with E-state index in [9.17, 15) is 0 Å². The van der Waals surface area contributed by atoms with Crippen molar-refractivity contribution in [3.8, 4) is 69.0 Å². The van der Waals surface area contributed by atoms with Gasteiger partial charge in [0.2, 0.25) is 0 Å². The molecule has 0 atom stereocenters. The first-order chi connectivity index (χ1) is 53.5. The first-order valence-corrected chi connectivity index (χ1v) is 40.5. The lowest BCUT2D eigenvalue weighted by Gasteiger charge is -2.35. The van der Waals surface area contributed by atoms with Gasteiger partial charge in [-0.3, -0.25) is 19.2 Å². The van der Waals surface area contributed by atoms with Crippen LogP contribution in [-0.4, -0.2) is 50.1 Å². The fraction of sp³-hybridized carbons (Fsp3) is 0.375. The van der Waals surface area contributed by atoms with Crippen molar-refractivity contribution in [2.24, 2.45) is 0 Å². The summed E-state index contributed by atoms with van der Waals surface area (Å²) in [4.78, 5) is 70.3. The van der Waals surface area contributed by atoms with Gasteiger partial charge >= 0.3 is 0 Å². The maximum absolute atomic E-state index is 16.9.